The predicted octanol–water partition coefficient (Wildman–Crippen LogP) is 1.55. The number of ether oxygens (including phenoxy) is 1. The van der Waals surface area contributed by atoms with E-state index in [-0.39, 0.29) is 23.6 Å². The van der Waals surface area contributed by atoms with Crippen molar-refractivity contribution in [1.29, 1.82) is 0 Å². The number of urea groups is 1. The van der Waals surface area contributed by atoms with Crippen LogP contribution >= 0.6 is 11.6 Å². The molecular weight excluding hydrogens is 328 g/mol. The number of benzene rings is 1. The fourth-order valence-electron chi connectivity index (χ4n) is 2.23. The van der Waals surface area contributed by atoms with Crippen molar-refractivity contribution < 1.29 is 17.9 Å². The maximum atomic E-state index is 11.9. The molecule has 1 N–H and O–H groups in total. The molecule has 0 aliphatic carbocycles. The molecule has 1 heterocycles. The molecule has 1 fully saturated rings. The van der Waals surface area contributed by atoms with Gasteiger partial charge in [0.25, 0.3) is 0 Å². The SMILES string of the molecule is CN(C(=O)NCCOc1ccc(Cl)cc1)[C@@H]1CCS(=O)(=O)C1. The zero-order chi connectivity index (χ0) is 16.2. The summed E-state index contributed by atoms with van der Waals surface area (Å²) >= 11 is 5.77. The van der Waals surface area contributed by atoms with Crippen molar-refractivity contribution in [2.45, 2.75) is 12.5 Å². The van der Waals surface area contributed by atoms with Gasteiger partial charge in [-0.05, 0) is 30.7 Å². The number of nitrogens with zero attached hydrogens (tertiary/aromatic N) is 1. The first-order chi connectivity index (χ1) is 10.4. The number of hydrogen-bond donors (Lipinski definition) is 1. The average molecular weight is 347 g/mol. The highest BCUT2D eigenvalue weighted by molar-refractivity contribution is 7.91. The van der Waals surface area contributed by atoms with Crippen LogP contribution in [-0.4, -0.2) is 57.1 Å². The maximum Gasteiger partial charge on any atom is 0.317 e. The van der Waals surface area contributed by atoms with Crippen LogP contribution in [0.5, 0.6) is 5.75 Å². The second-order valence-corrected chi connectivity index (χ2v) is 7.87. The van der Waals surface area contributed by atoms with Crippen LogP contribution in [0.25, 0.3) is 0 Å². The van der Waals surface area contributed by atoms with Gasteiger partial charge in [-0.1, -0.05) is 11.6 Å². The van der Waals surface area contributed by atoms with Crippen LogP contribution in [0, 0.1) is 0 Å². The number of carbonyl (C=O) groups excluding carboxylic acids is 1. The van der Waals surface area contributed by atoms with Crippen molar-refractivity contribution in [1.82, 2.24) is 10.2 Å². The first-order valence-electron chi connectivity index (χ1n) is 6.97. The molecule has 0 saturated carbocycles. The van der Waals surface area contributed by atoms with E-state index in [1.807, 2.05) is 0 Å². The largest absolute Gasteiger partial charge is 0.492 e. The number of halogens is 1. The second kappa shape index (κ2) is 7.19. The Balaban J connectivity index is 1.70. The molecule has 0 radical (unpaired) electrons. The Kier molecular flexibility index (Phi) is 5.52. The summed E-state index contributed by atoms with van der Waals surface area (Å²) in [5.74, 6) is 0.863. The summed E-state index contributed by atoms with van der Waals surface area (Å²) in [6, 6.07) is 6.41. The summed E-state index contributed by atoms with van der Waals surface area (Å²) in [7, 11) is -1.38. The molecule has 6 nitrogen and oxygen atoms in total. The number of sulfone groups is 1. The molecule has 0 spiro atoms. The summed E-state index contributed by atoms with van der Waals surface area (Å²) in [4.78, 5) is 13.4. The number of amides is 2. The van der Waals surface area contributed by atoms with Crippen molar-refractivity contribution in [3.05, 3.63) is 29.3 Å². The van der Waals surface area contributed by atoms with Crippen LogP contribution in [0.4, 0.5) is 4.79 Å². The maximum absolute atomic E-state index is 11.9. The molecule has 8 heteroatoms. The number of carbonyl (C=O) groups is 1. The Bertz CT molecular complexity index is 618. The Labute approximate surface area is 135 Å². The van der Waals surface area contributed by atoms with Crippen molar-refractivity contribution in [2.75, 3.05) is 31.7 Å². The molecule has 0 aromatic heterocycles. The molecule has 2 amide bonds. The molecule has 1 atom stereocenters. The van der Waals surface area contributed by atoms with E-state index < -0.39 is 9.84 Å². The van der Waals surface area contributed by atoms with Gasteiger partial charge >= 0.3 is 6.03 Å². The van der Waals surface area contributed by atoms with Gasteiger partial charge in [0.05, 0.1) is 18.1 Å². The number of hydrogen-bond acceptors (Lipinski definition) is 4. The van der Waals surface area contributed by atoms with Crippen molar-refractivity contribution in [3.8, 4) is 5.75 Å². The third-order valence-electron chi connectivity index (χ3n) is 3.54. The second-order valence-electron chi connectivity index (χ2n) is 5.20. The standard InChI is InChI=1S/C14H19ClN2O4S/c1-17(12-6-9-22(19,20)10-12)14(18)16-7-8-21-13-4-2-11(15)3-5-13/h2-5,12H,6-10H2,1H3,(H,16,18)/t12-/m1/s1. The number of nitrogens with one attached hydrogen (secondary N) is 1. The Morgan fingerprint density at radius 3 is 2.68 bits per heavy atom. The lowest BCUT2D eigenvalue weighted by Crippen LogP contribution is -2.45. The predicted molar refractivity (Wildman–Crippen MR) is 85.2 cm³/mol. The quantitative estimate of drug-likeness (QED) is 0.821. The summed E-state index contributed by atoms with van der Waals surface area (Å²) in [6.07, 6.45) is 0.494. The van der Waals surface area contributed by atoms with Crippen molar-refractivity contribution >= 4 is 27.5 Å². The molecular formula is C14H19ClN2O4S. The average Bonchev–Trinajstić information content (AvgIpc) is 2.84. The summed E-state index contributed by atoms with van der Waals surface area (Å²) in [6.45, 7) is 0.662. The van der Waals surface area contributed by atoms with Crippen molar-refractivity contribution in [2.24, 2.45) is 0 Å². The van der Waals surface area contributed by atoms with Crippen LogP contribution < -0.4 is 10.1 Å². The fourth-order valence-corrected chi connectivity index (χ4v) is 4.13. The first-order valence-corrected chi connectivity index (χ1v) is 9.17. The topological polar surface area (TPSA) is 75.7 Å². The van der Waals surface area contributed by atoms with Gasteiger partial charge in [-0.3, -0.25) is 0 Å². The smallest absolute Gasteiger partial charge is 0.317 e. The molecule has 2 rings (SSSR count). The van der Waals surface area contributed by atoms with Gasteiger partial charge in [0.2, 0.25) is 0 Å². The van der Waals surface area contributed by atoms with Crippen LogP contribution in [0.15, 0.2) is 24.3 Å². The van der Waals surface area contributed by atoms with Crippen LogP contribution in [-0.2, 0) is 9.84 Å². The fraction of sp³-hybridized carbons (Fsp3) is 0.500. The monoisotopic (exact) mass is 346 g/mol. The summed E-state index contributed by atoms with van der Waals surface area (Å²) < 4.78 is 28.3. The molecule has 122 valence electrons. The van der Waals surface area contributed by atoms with E-state index >= 15 is 0 Å². The lowest BCUT2D eigenvalue weighted by atomic mass is 10.2. The minimum absolute atomic E-state index is 0.0399. The third-order valence-corrected chi connectivity index (χ3v) is 5.54. The zero-order valence-corrected chi connectivity index (χ0v) is 13.9. The van der Waals surface area contributed by atoms with Crippen LogP contribution in [0.1, 0.15) is 6.42 Å². The van der Waals surface area contributed by atoms with Gasteiger partial charge in [-0.25, -0.2) is 13.2 Å². The van der Waals surface area contributed by atoms with E-state index in [0.29, 0.717) is 30.3 Å². The molecule has 22 heavy (non-hydrogen) atoms. The number of rotatable bonds is 5. The van der Waals surface area contributed by atoms with E-state index in [9.17, 15) is 13.2 Å². The van der Waals surface area contributed by atoms with Gasteiger partial charge in [0.1, 0.15) is 12.4 Å². The van der Waals surface area contributed by atoms with Gasteiger partial charge < -0.3 is 15.0 Å². The van der Waals surface area contributed by atoms with E-state index in [1.165, 1.54) is 4.90 Å². The van der Waals surface area contributed by atoms with E-state index in [0.717, 1.165) is 0 Å². The molecule has 1 aliphatic rings. The molecule has 0 bridgehead atoms. The van der Waals surface area contributed by atoms with Gasteiger partial charge in [-0.15, -0.1) is 0 Å². The van der Waals surface area contributed by atoms with E-state index in [2.05, 4.69) is 5.32 Å². The van der Waals surface area contributed by atoms with Gasteiger partial charge in [0, 0.05) is 18.1 Å². The van der Waals surface area contributed by atoms with Gasteiger partial charge in [0.15, 0.2) is 9.84 Å². The zero-order valence-electron chi connectivity index (χ0n) is 12.3. The minimum atomic E-state index is -3.00. The lowest BCUT2D eigenvalue weighted by molar-refractivity contribution is 0.192. The Morgan fingerprint density at radius 1 is 1.41 bits per heavy atom. The highest BCUT2D eigenvalue weighted by atomic mass is 35.5. The van der Waals surface area contributed by atoms with E-state index in [1.54, 1.807) is 31.3 Å². The third kappa shape index (κ3) is 4.78. The normalized spacial score (nSPS) is 19.6. The first kappa shape index (κ1) is 16.9. The van der Waals surface area contributed by atoms with Crippen LogP contribution in [0.3, 0.4) is 0 Å². The molecule has 1 saturated heterocycles. The molecule has 0 unspecified atom stereocenters. The lowest BCUT2D eigenvalue weighted by Gasteiger charge is -2.23. The molecule has 1 aromatic rings. The Morgan fingerprint density at radius 2 is 2.09 bits per heavy atom. The minimum Gasteiger partial charge on any atom is -0.492 e. The highest BCUT2D eigenvalue weighted by Gasteiger charge is 2.32. The van der Waals surface area contributed by atoms with Crippen molar-refractivity contribution in [3.63, 3.8) is 0 Å². The Hall–Kier alpha value is -1.47. The summed E-state index contributed by atoms with van der Waals surface area (Å²) in [5.41, 5.74) is 0. The molecule has 1 aromatic carbocycles. The summed E-state index contributed by atoms with van der Waals surface area (Å²) in [5, 5.41) is 3.34. The highest BCUT2D eigenvalue weighted by Crippen LogP contribution is 2.17. The van der Waals surface area contributed by atoms with Crippen LogP contribution in [0.2, 0.25) is 5.02 Å². The van der Waals surface area contributed by atoms with Gasteiger partial charge in [-0.2, -0.15) is 0 Å². The molecule has 1 aliphatic heterocycles. The van der Waals surface area contributed by atoms with E-state index in [4.69, 9.17) is 16.3 Å².